The Balaban J connectivity index is 1.96. The highest BCUT2D eigenvalue weighted by atomic mass is 16.7. The highest BCUT2D eigenvalue weighted by molar-refractivity contribution is 6.01. The van der Waals surface area contributed by atoms with E-state index in [1.54, 1.807) is 0 Å². The maximum absolute atomic E-state index is 13.1. The summed E-state index contributed by atoms with van der Waals surface area (Å²) in [4.78, 5) is 198. The Morgan fingerprint density at radius 2 is 0.705 bits per heavy atom. The van der Waals surface area contributed by atoms with Gasteiger partial charge in [0.05, 0.1) is 52.8 Å². The summed E-state index contributed by atoms with van der Waals surface area (Å²) in [6.45, 7) is 1.27. The van der Waals surface area contributed by atoms with Gasteiger partial charge in [-0.3, -0.25) is 43.2 Å². The quantitative estimate of drug-likeness (QED) is 0.0217. The van der Waals surface area contributed by atoms with Crippen molar-refractivity contribution in [2.24, 2.45) is 0 Å². The molecule has 2 heterocycles. The fraction of sp³-hybridized carbons (Fsp3) is 0.766. The number of nitrogens with zero attached hydrogens (tertiary/aromatic N) is 2. The summed E-state index contributed by atoms with van der Waals surface area (Å²) >= 11 is 0. The molecular weight excluding hydrogens is 1250 g/mol. The Kier molecular flexibility index (Phi) is 48.1. The van der Waals surface area contributed by atoms with Crippen molar-refractivity contribution in [2.45, 2.75) is 237 Å². The summed E-state index contributed by atoms with van der Waals surface area (Å²) in [5.41, 5.74) is 2.65. The van der Waals surface area contributed by atoms with E-state index in [9.17, 15) is 71.9 Å². The zero-order chi connectivity index (χ0) is 69.4. The average Bonchev–Trinajstić information content (AvgIpc) is 2.09. The van der Waals surface area contributed by atoms with Gasteiger partial charge in [-0.1, -0.05) is 77.0 Å². The zero-order valence-corrected chi connectivity index (χ0v) is 55.4. The molecule has 0 aromatic rings. The summed E-state index contributed by atoms with van der Waals surface area (Å²) in [5, 5.41) is 13.2. The number of rotatable bonds is 59. The molecule has 2 aliphatic rings. The van der Waals surface area contributed by atoms with Crippen LogP contribution in [0.1, 0.15) is 231 Å². The van der Waals surface area contributed by atoms with Crippen LogP contribution in [0, 0.1) is 0 Å². The number of carbonyl (C=O) groups is 15. The number of amides is 9. The average molecular weight is 1350 g/mol. The molecule has 0 bridgehead atoms. The molecule has 2 fully saturated rings. The van der Waals surface area contributed by atoms with Crippen molar-refractivity contribution in [1.82, 2.24) is 42.4 Å². The summed E-state index contributed by atoms with van der Waals surface area (Å²) < 4.78 is 24.6. The molecule has 0 aromatic heterocycles. The van der Waals surface area contributed by atoms with Crippen molar-refractivity contribution >= 4 is 89.6 Å². The molecule has 538 valence electrons. The molecule has 0 atom stereocenters. The maximum atomic E-state index is 13.1. The Labute approximate surface area is 556 Å². The molecule has 6 N–H and O–H groups in total. The molecular formula is C64H104N8O23. The second kappa shape index (κ2) is 54.7. The number of hydrogen-bond acceptors (Lipinski definition) is 23. The maximum Gasteiger partial charge on any atom is 0.333 e. The lowest BCUT2D eigenvalue weighted by Crippen LogP contribution is -2.48. The van der Waals surface area contributed by atoms with Crippen LogP contribution in [0.4, 0.5) is 0 Å². The first kappa shape index (κ1) is 83.6. The lowest BCUT2D eigenvalue weighted by Gasteiger charge is -2.33. The molecule has 0 unspecified atom stereocenters. The summed E-state index contributed by atoms with van der Waals surface area (Å²) in [5.74, 6) is -5.74. The van der Waals surface area contributed by atoms with Crippen molar-refractivity contribution in [2.75, 3.05) is 79.0 Å². The largest absolute Gasteiger partial charge is 0.378 e. The topological polar surface area (TPSA) is 409 Å². The minimum Gasteiger partial charge on any atom is -0.378 e. The van der Waals surface area contributed by atoms with Gasteiger partial charge in [0.2, 0.25) is 23.6 Å². The van der Waals surface area contributed by atoms with E-state index in [1.165, 1.54) is 0 Å². The lowest BCUT2D eigenvalue weighted by molar-refractivity contribution is -0.197. The van der Waals surface area contributed by atoms with Gasteiger partial charge in [-0.15, -0.1) is 5.06 Å². The van der Waals surface area contributed by atoms with Crippen molar-refractivity contribution < 1.29 is 110 Å². The number of aldehydes is 2. The molecule has 9 amide bonds. The number of ether oxygens (including phenoxy) is 4. The van der Waals surface area contributed by atoms with Gasteiger partial charge in [0.1, 0.15) is 18.2 Å². The smallest absolute Gasteiger partial charge is 0.333 e. The van der Waals surface area contributed by atoms with E-state index < -0.39 is 53.1 Å². The minimum absolute atomic E-state index is 0.00118. The summed E-state index contributed by atoms with van der Waals surface area (Å²) in [7, 11) is 0. The zero-order valence-electron chi connectivity index (χ0n) is 55.4. The lowest BCUT2D eigenvalue weighted by atomic mass is 10.1. The molecule has 31 heteroatoms. The molecule has 2 rings (SSSR count). The number of hydroxylamine groups is 6. The molecule has 0 radical (unpaired) electrons. The van der Waals surface area contributed by atoms with E-state index in [1.807, 2.05) is 11.0 Å². The Morgan fingerprint density at radius 3 is 1.06 bits per heavy atom. The third kappa shape index (κ3) is 45.5. The van der Waals surface area contributed by atoms with Crippen molar-refractivity contribution in [3.8, 4) is 0 Å². The van der Waals surface area contributed by atoms with Crippen LogP contribution < -0.4 is 32.2 Å². The van der Waals surface area contributed by atoms with Gasteiger partial charge in [-0.25, -0.2) is 19.2 Å². The Morgan fingerprint density at radius 1 is 0.368 bits per heavy atom. The molecule has 2 saturated heterocycles. The van der Waals surface area contributed by atoms with Gasteiger partial charge in [0.15, 0.2) is 0 Å². The number of nitrogens with one attached hydrogen (secondary N) is 6. The molecule has 31 nitrogen and oxygen atoms in total. The first-order chi connectivity index (χ1) is 45.9. The number of hydrogen-bond donors (Lipinski definition) is 6. The van der Waals surface area contributed by atoms with Gasteiger partial charge in [-0.2, -0.15) is 16.0 Å². The van der Waals surface area contributed by atoms with Crippen LogP contribution in [-0.4, -0.2) is 184 Å². The second-order valence-corrected chi connectivity index (χ2v) is 23.2. The third-order valence-electron chi connectivity index (χ3n) is 14.7. The van der Waals surface area contributed by atoms with Crippen molar-refractivity contribution in [3.63, 3.8) is 0 Å². The first-order valence-corrected chi connectivity index (χ1v) is 33.8. The predicted octanol–water partition coefficient (Wildman–Crippen LogP) is 3.97. The monoisotopic (exact) mass is 1350 g/mol. The van der Waals surface area contributed by atoms with Crippen LogP contribution in [-0.2, 0) is 110 Å². The van der Waals surface area contributed by atoms with E-state index >= 15 is 0 Å². The predicted molar refractivity (Wildman–Crippen MR) is 336 cm³/mol. The standard InChI is InChI=1S/C64H104N8O23/c73-42-22-24-55(79)69-92-60(84)27-13-5-1-9-17-37-65-51(75)33-44-88-48-64(49-89-45-34-52(76)66-38-18-10-2-6-14-28-61(85)93-70-56(80)25-23-43-74,50-90-46-35-53(77)67-39-19-11-3-7-15-29-62(86)94-71-41-21-26-57(71)81)91-47-36-54(78)68-40-20-12-4-8-16-30-63(87)95-72-58(82)31-32-59(72)83/h42-43H,1-41,44-50H2,(H,65,75)(H,66,76)(H,67,77)(H,68,78)(H,69,79)(H,70,80). The van der Waals surface area contributed by atoms with E-state index in [-0.39, 0.29) is 166 Å². The third-order valence-corrected chi connectivity index (χ3v) is 14.7. The van der Waals surface area contributed by atoms with Crippen LogP contribution in [0.3, 0.4) is 0 Å². The number of imide groups is 1. The molecule has 0 aliphatic carbocycles. The van der Waals surface area contributed by atoms with E-state index in [4.69, 9.17) is 38.3 Å². The van der Waals surface area contributed by atoms with Gasteiger partial charge in [-0.05, 0) is 57.8 Å². The molecule has 0 spiro atoms. The van der Waals surface area contributed by atoms with Crippen LogP contribution in [0.15, 0.2) is 0 Å². The van der Waals surface area contributed by atoms with Crippen LogP contribution in [0.5, 0.6) is 0 Å². The molecule has 0 saturated carbocycles. The van der Waals surface area contributed by atoms with Gasteiger partial charge < -0.3 is 69.2 Å². The van der Waals surface area contributed by atoms with E-state index in [0.717, 1.165) is 75.7 Å². The van der Waals surface area contributed by atoms with Crippen LogP contribution in [0.25, 0.3) is 0 Å². The van der Waals surface area contributed by atoms with Crippen molar-refractivity contribution in [1.29, 1.82) is 0 Å². The highest BCUT2D eigenvalue weighted by Gasteiger charge is 2.35. The fourth-order valence-corrected chi connectivity index (χ4v) is 9.35. The van der Waals surface area contributed by atoms with Crippen LogP contribution >= 0.6 is 0 Å². The highest BCUT2D eigenvalue weighted by Crippen LogP contribution is 2.19. The molecule has 2 aliphatic heterocycles. The van der Waals surface area contributed by atoms with Gasteiger partial charge in [0, 0.05) is 122 Å². The minimum atomic E-state index is -1.39. The van der Waals surface area contributed by atoms with E-state index in [2.05, 4.69) is 21.3 Å². The van der Waals surface area contributed by atoms with E-state index in [0.29, 0.717) is 121 Å². The number of carbonyl (C=O) groups excluding carboxylic acids is 15. The van der Waals surface area contributed by atoms with Crippen LogP contribution in [0.2, 0.25) is 0 Å². The SMILES string of the molecule is O=CCCC(=O)NOC(=O)CCCCCCCNC(=O)CCOCC(COCCC(=O)NCCCCCCCC(=O)ONC(=O)CCC=O)(COCCC(=O)NCCCCCCCC(=O)ON1CCCC1=O)OCCC(=O)NCCCCCCCC(=O)ON1C(=O)CCC1=O. The fourth-order valence-electron chi connectivity index (χ4n) is 9.35. The summed E-state index contributed by atoms with van der Waals surface area (Å²) in [6, 6.07) is 0. The van der Waals surface area contributed by atoms with Crippen molar-refractivity contribution in [3.05, 3.63) is 0 Å². The first-order valence-electron chi connectivity index (χ1n) is 33.8. The summed E-state index contributed by atoms with van der Waals surface area (Å²) in [6.07, 6.45) is 16.7. The molecule has 95 heavy (non-hydrogen) atoms. The Hall–Kier alpha value is -7.51. The second-order valence-electron chi connectivity index (χ2n) is 23.2. The number of unbranched alkanes of at least 4 members (excludes halogenated alkanes) is 16. The normalized spacial score (nSPS) is 12.8. The molecule has 0 aromatic carbocycles. The Bertz CT molecular complexity index is 2270. The van der Waals surface area contributed by atoms with Gasteiger partial charge in [0.25, 0.3) is 29.5 Å². The van der Waals surface area contributed by atoms with Gasteiger partial charge >= 0.3 is 23.9 Å².